The number of aromatic amines is 1. The lowest BCUT2D eigenvalue weighted by Gasteiger charge is -2.33. The van der Waals surface area contributed by atoms with E-state index in [1.165, 1.54) is 12.5 Å². The number of benzene rings is 1. The average Bonchev–Trinajstić information content (AvgIpc) is 3.47. The lowest BCUT2D eigenvalue weighted by atomic mass is 9.95. The molecule has 0 radical (unpaired) electrons. The summed E-state index contributed by atoms with van der Waals surface area (Å²) in [6, 6.07) is 8.77. The maximum Gasteiger partial charge on any atom is 0.356 e. The molecule has 9 heteroatoms. The third kappa shape index (κ3) is 5.05. The number of halogens is 1. The highest BCUT2D eigenvalue weighted by molar-refractivity contribution is 6.31. The number of H-pyrrole nitrogens is 1. The maximum absolute atomic E-state index is 13.6. The van der Waals surface area contributed by atoms with Gasteiger partial charge in [-0.15, -0.1) is 0 Å². The highest BCUT2D eigenvalue weighted by Crippen LogP contribution is 2.44. The Morgan fingerprint density at radius 1 is 1.21 bits per heavy atom. The fourth-order valence-corrected chi connectivity index (χ4v) is 4.60. The van der Waals surface area contributed by atoms with Gasteiger partial charge < -0.3 is 15.0 Å². The first-order valence-electron chi connectivity index (χ1n) is 11.5. The molecule has 0 unspecified atom stereocenters. The molecule has 0 aliphatic heterocycles. The Bertz CT molecular complexity index is 1030. The molecule has 0 bridgehead atoms. The average molecular weight is 473 g/mol. The molecule has 2 aliphatic rings. The van der Waals surface area contributed by atoms with Gasteiger partial charge in [0.2, 0.25) is 5.91 Å². The summed E-state index contributed by atoms with van der Waals surface area (Å²) in [6.45, 7) is 2.08. The van der Waals surface area contributed by atoms with Crippen molar-refractivity contribution < 1.29 is 19.1 Å². The van der Waals surface area contributed by atoms with Crippen LogP contribution in [0, 0.1) is 0 Å². The SMILES string of the molecule is CCOC(=O)c1cc(C(=O)N(Cc2ccccc2Cl)C2(C(=O)NC3CCCCC3)CC2)n[nH]1. The second-order valence-corrected chi connectivity index (χ2v) is 9.12. The number of rotatable bonds is 8. The summed E-state index contributed by atoms with van der Waals surface area (Å²) in [6.07, 6.45) is 6.45. The van der Waals surface area contributed by atoms with E-state index in [1.807, 2.05) is 18.2 Å². The Morgan fingerprint density at radius 3 is 2.61 bits per heavy atom. The first-order chi connectivity index (χ1) is 15.9. The predicted molar refractivity (Wildman–Crippen MR) is 123 cm³/mol. The Hall–Kier alpha value is -2.87. The zero-order chi connectivity index (χ0) is 23.4. The van der Waals surface area contributed by atoms with Crippen LogP contribution < -0.4 is 5.32 Å². The minimum atomic E-state index is -0.948. The molecule has 0 spiro atoms. The van der Waals surface area contributed by atoms with Gasteiger partial charge in [0, 0.05) is 23.7 Å². The van der Waals surface area contributed by atoms with Gasteiger partial charge in [-0.05, 0) is 44.2 Å². The Balaban J connectivity index is 1.61. The van der Waals surface area contributed by atoms with Gasteiger partial charge in [-0.25, -0.2) is 4.79 Å². The van der Waals surface area contributed by atoms with Crippen LogP contribution in [-0.2, 0) is 16.1 Å². The van der Waals surface area contributed by atoms with Gasteiger partial charge in [0.1, 0.15) is 11.2 Å². The number of nitrogens with one attached hydrogen (secondary N) is 2. The summed E-state index contributed by atoms with van der Waals surface area (Å²) in [5, 5.41) is 10.3. The number of carbonyl (C=O) groups is 3. The highest BCUT2D eigenvalue weighted by atomic mass is 35.5. The van der Waals surface area contributed by atoms with E-state index in [4.69, 9.17) is 16.3 Å². The van der Waals surface area contributed by atoms with E-state index in [0.29, 0.717) is 17.9 Å². The molecular formula is C24H29ClN4O4. The van der Waals surface area contributed by atoms with Gasteiger partial charge in [-0.3, -0.25) is 14.7 Å². The number of ether oxygens (including phenoxy) is 1. The Kier molecular flexibility index (Phi) is 7.02. The van der Waals surface area contributed by atoms with Crippen molar-refractivity contribution in [2.24, 2.45) is 0 Å². The number of nitrogens with zero attached hydrogens (tertiary/aromatic N) is 2. The quantitative estimate of drug-likeness (QED) is 0.567. The molecule has 2 saturated carbocycles. The van der Waals surface area contributed by atoms with Crippen molar-refractivity contribution >= 4 is 29.4 Å². The van der Waals surface area contributed by atoms with E-state index in [2.05, 4.69) is 15.5 Å². The summed E-state index contributed by atoms with van der Waals surface area (Å²) in [4.78, 5) is 40.6. The fourth-order valence-electron chi connectivity index (χ4n) is 4.40. The zero-order valence-electron chi connectivity index (χ0n) is 18.7. The van der Waals surface area contributed by atoms with E-state index in [-0.39, 0.29) is 36.5 Å². The van der Waals surface area contributed by atoms with Gasteiger partial charge in [0.25, 0.3) is 5.91 Å². The minimum absolute atomic E-state index is 0.0573. The molecule has 2 aromatic rings. The lowest BCUT2D eigenvalue weighted by molar-refractivity contribution is -0.128. The van der Waals surface area contributed by atoms with Crippen LogP contribution in [0.3, 0.4) is 0 Å². The maximum atomic E-state index is 13.6. The molecule has 2 fully saturated rings. The monoisotopic (exact) mass is 472 g/mol. The van der Waals surface area contributed by atoms with Crippen molar-refractivity contribution in [1.82, 2.24) is 20.4 Å². The predicted octanol–water partition coefficient (Wildman–Crippen LogP) is 3.86. The number of aromatic nitrogens is 2. The smallest absolute Gasteiger partial charge is 0.356 e. The van der Waals surface area contributed by atoms with Crippen molar-refractivity contribution in [3.05, 3.63) is 52.3 Å². The van der Waals surface area contributed by atoms with E-state index >= 15 is 0 Å². The number of hydrogen-bond donors (Lipinski definition) is 2. The molecule has 33 heavy (non-hydrogen) atoms. The first-order valence-corrected chi connectivity index (χ1v) is 11.9. The largest absolute Gasteiger partial charge is 0.461 e. The number of amides is 2. The Labute approximate surface area is 198 Å². The van der Waals surface area contributed by atoms with Gasteiger partial charge in [0.15, 0.2) is 5.69 Å². The van der Waals surface area contributed by atoms with Crippen molar-refractivity contribution in [2.45, 2.75) is 70.0 Å². The molecular weight excluding hydrogens is 444 g/mol. The molecule has 2 amide bonds. The molecule has 176 valence electrons. The fraction of sp³-hybridized carbons (Fsp3) is 0.500. The van der Waals surface area contributed by atoms with Crippen LogP contribution in [0.1, 0.15) is 78.4 Å². The summed E-state index contributed by atoms with van der Waals surface area (Å²) in [5.41, 5.74) is -0.0573. The van der Waals surface area contributed by atoms with Crippen LogP contribution in [0.25, 0.3) is 0 Å². The number of esters is 1. The zero-order valence-corrected chi connectivity index (χ0v) is 19.5. The molecule has 1 aromatic carbocycles. The molecule has 0 saturated heterocycles. The van der Waals surface area contributed by atoms with Gasteiger partial charge in [-0.2, -0.15) is 5.10 Å². The van der Waals surface area contributed by atoms with Crippen LogP contribution in [0.15, 0.2) is 30.3 Å². The summed E-state index contributed by atoms with van der Waals surface area (Å²) in [7, 11) is 0. The van der Waals surface area contributed by atoms with Crippen LogP contribution in [0.4, 0.5) is 0 Å². The molecule has 4 rings (SSSR count). The molecule has 2 N–H and O–H groups in total. The molecule has 8 nitrogen and oxygen atoms in total. The van der Waals surface area contributed by atoms with Crippen molar-refractivity contribution in [1.29, 1.82) is 0 Å². The normalized spacial score (nSPS) is 17.3. The topological polar surface area (TPSA) is 104 Å². The van der Waals surface area contributed by atoms with E-state index < -0.39 is 17.4 Å². The summed E-state index contributed by atoms with van der Waals surface area (Å²) < 4.78 is 4.98. The van der Waals surface area contributed by atoms with E-state index in [0.717, 1.165) is 31.2 Å². The minimum Gasteiger partial charge on any atom is -0.461 e. The Morgan fingerprint density at radius 2 is 1.94 bits per heavy atom. The molecule has 2 aliphatic carbocycles. The number of carbonyl (C=O) groups excluding carboxylic acids is 3. The van der Waals surface area contributed by atoms with Crippen LogP contribution in [0.2, 0.25) is 5.02 Å². The third-order valence-corrected chi connectivity index (χ3v) is 6.80. The third-order valence-electron chi connectivity index (χ3n) is 6.43. The van der Waals surface area contributed by atoms with Crippen LogP contribution in [-0.4, -0.2) is 51.1 Å². The number of hydrogen-bond acceptors (Lipinski definition) is 5. The standard InChI is InChI=1S/C24H29ClN4O4/c1-2-33-22(31)20-14-19(27-28-20)21(30)29(15-16-8-6-7-11-18(16)25)24(12-13-24)23(32)26-17-9-4-3-5-10-17/h6-8,11,14,17H,2-5,9-10,12-13,15H2,1H3,(H,26,32)(H,27,28). The van der Waals surface area contributed by atoms with E-state index in [9.17, 15) is 14.4 Å². The highest BCUT2D eigenvalue weighted by Gasteiger charge is 2.57. The molecule has 1 aromatic heterocycles. The first kappa shape index (κ1) is 23.3. The van der Waals surface area contributed by atoms with Gasteiger partial charge in [0.05, 0.1) is 6.61 Å². The van der Waals surface area contributed by atoms with Gasteiger partial charge >= 0.3 is 5.97 Å². The van der Waals surface area contributed by atoms with Crippen LogP contribution >= 0.6 is 11.6 Å². The summed E-state index contributed by atoms with van der Waals surface area (Å²) >= 11 is 6.38. The summed E-state index contributed by atoms with van der Waals surface area (Å²) in [5.74, 6) is -1.15. The molecule has 0 atom stereocenters. The second-order valence-electron chi connectivity index (χ2n) is 8.71. The lowest BCUT2D eigenvalue weighted by Crippen LogP contribution is -2.53. The van der Waals surface area contributed by atoms with E-state index in [1.54, 1.807) is 17.9 Å². The van der Waals surface area contributed by atoms with Crippen molar-refractivity contribution in [3.8, 4) is 0 Å². The van der Waals surface area contributed by atoms with Gasteiger partial charge in [-0.1, -0.05) is 49.1 Å². The molecule has 1 heterocycles. The van der Waals surface area contributed by atoms with Crippen LogP contribution in [0.5, 0.6) is 0 Å². The second kappa shape index (κ2) is 9.95. The van der Waals surface area contributed by atoms with Crippen molar-refractivity contribution in [2.75, 3.05) is 6.61 Å². The van der Waals surface area contributed by atoms with Crippen molar-refractivity contribution in [3.63, 3.8) is 0 Å².